The smallest absolute Gasteiger partial charge is 0.0641 e. The van der Waals surface area contributed by atoms with Gasteiger partial charge in [-0.1, -0.05) is 133 Å². The highest BCUT2D eigenvalue weighted by atomic mass is 15.1. The second kappa shape index (κ2) is 12.5. The Morgan fingerprint density at radius 2 is 0.807 bits per heavy atom. The van der Waals surface area contributed by atoms with Crippen molar-refractivity contribution in [1.29, 1.82) is 0 Å². The van der Waals surface area contributed by atoms with Crippen molar-refractivity contribution in [2.75, 3.05) is 4.90 Å². The van der Waals surface area contributed by atoms with E-state index in [4.69, 9.17) is 0 Å². The van der Waals surface area contributed by atoms with Crippen molar-refractivity contribution in [3.63, 3.8) is 0 Å². The second-order valence-corrected chi connectivity index (χ2v) is 14.9. The largest absolute Gasteiger partial charge is 0.311 e. The van der Waals surface area contributed by atoms with Gasteiger partial charge in [0.05, 0.1) is 27.6 Å². The van der Waals surface area contributed by atoms with E-state index in [1.807, 2.05) is 0 Å². The molecule has 0 radical (unpaired) electrons. The van der Waals surface area contributed by atoms with E-state index in [0.717, 1.165) is 22.7 Å². The van der Waals surface area contributed by atoms with E-state index in [1.54, 1.807) is 0 Å². The molecule has 266 valence electrons. The lowest BCUT2D eigenvalue weighted by molar-refractivity contribution is 1.17. The van der Waals surface area contributed by atoms with Crippen LogP contribution in [0.1, 0.15) is 0 Å². The molecule has 0 atom stereocenters. The van der Waals surface area contributed by atoms with Crippen molar-refractivity contribution in [3.8, 4) is 27.9 Å². The van der Waals surface area contributed by atoms with Gasteiger partial charge in [-0.25, -0.2) is 0 Å². The Bertz CT molecular complexity index is 3420. The highest BCUT2D eigenvalue weighted by Gasteiger charge is 2.23. The molecule has 0 aliphatic carbocycles. The molecule has 3 heterocycles. The highest BCUT2D eigenvalue weighted by molar-refractivity contribution is 6.33. The molecule has 0 unspecified atom stereocenters. The van der Waals surface area contributed by atoms with Crippen LogP contribution >= 0.6 is 0 Å². The standard InChI is InChI=1S/C54H35N3/c1-4-13-36(14-5-1)38-23-26-41(27-24-38)55(40-17-8-3-9-18-40)42-28-30-43(31-29-42)56-50-22-12-20-45-44-19-10-11-21-48(44)57-49-33-25-39(37-15-6-2-7-16-37)35-47(49)46-32-34-51(56)53(52(45)50)54(46)57/h1-35H. The summed E-state index contributed by atoms with van der Waals surface area (Å²) in [6.45, 7) is 0. The molecule has 0 saturated heterocycles. The number of fused-ring (bicyclic) bond motifs is 6. The topological polar surface area (TPSA) is 12.6 Å². The molecular weight excluding hydrogens is 691 g/mol. The van der Waals surface area contributed by atoms with Gasteiger partial charge in [-0.05, 0) is 107 Å². The Labute approximate surface area is 329 Å². The van der Waals surface area contributed by atoms with Gasteiger partial charge >= 0.3 is 0 Å². The first-order valence-corrected chi connectivity index (χ1v) is 19.6. The maximum atomic E-state index is 2.52. The van der Waals surface area contributed by atoms with Crippen molar-refractivity contribution in [2.24, 2.45) is 0 Å². The van der Waals surface area contributed by atoms with Gasteiger partial charge < -0.3 is 13.9 Å². The summed E-state index contributed by atoms with van der Waals surface area (Å²) in [6.07, 6.45) is 0. The number of benzene rings is 9. The number of hydrogen-bond acceptors (Lipinski definition) is 1. The van der Waals surface area contributed by atoms with Gasteiger partial charge in [-0.3, -0.25) is 0 Å². The average Bonchev–Trinajstić information content (AvgIpc) is 3.76. The van der Waals surface area contributed by atoms with Crippen LogP contribution in [0.4, 0.5) is 17.1 Å². The molecule has 0 fully saturated rings. The molecule has 12 rings (SSSR count). The van der Waals surface area contributed by atoms with Gasteiger partial charge in [0.2, 0.25) is 0 Å². The maximum absolute atomic E-state index is 2.52. The zero-order valence-electron chi connectivity index (χ0n) is 31.0. The van der Waals surface area contributed by atoms with Crippen molar-refractivity contribution >= 4 is 77.0 Å². The van der Waals surface area contributed by atoms with E-state index >= 15 is 0 Å². The number of rotatable bonds is 6. The third-order valence-corrected chi connectivity index (χ3v) is 11.8. The van der Waals surface area contributed by atoms with Crippen molar-refractivity contribution in [3.05, 3.63) is 212 Å². The first-order chi connectivity index (χ1) is 28.3. The molecule has 57 heavy (non-hydrogen) atoms. The minimum absolute atomic E-state index is 1.10. The molecule has 0 aliphatic heterocycles. The lowest BCUT2D eigenvalue weighted by Crippen LogP contribution is -2.10. The SMILES string of the molecule is c1ccc(-c2ccc(N(c3ccccc3)c3ccc(-n4c5cccc6c7ccccc7n7c8ccc(-c9ccccc9)cc8c8ccc4c(c65)c87)cc3)cc2)cc1. The Morgan fingerprint density at radius 1 is 0.298 bits per heavy atom. The molecule has 3 aromatic heterocycles. The highest BCUT2D eigenvalue weighted by Crippen LogP contribution is 2.46. The van der Waals surface area contributed by atoms with Crippen LogP contribution in [0.3, 0.4) is 0 Å². The monoisotopic (exact) mass is 725 g/mol. The molecule has 9 aromatic carbocycles. The normalized spacial score (nSPS) is 11.9. The summed E-state index contributed by atoms with van der Waals surface area (Å²) < 4.78 is 4.98. The Kier molecular flexibility index (Phi) is 6.93. The van der Waals surface area contributed by atoms with Crippen LogP contribution in [-0.4, -0.2) is 8.97 Å². The van der Waals surface area contributed by atoms with Crippen LogP contribution in [0.5, 0.6) is 0 Å². The summed E-state index contributed by atoms with van der Waals surface area (Å²) in [7, 11) is 0. The summed E-state index contributed by atoms with van der Waals surface area (Å²) in [6, 6.07) is 77.3. The first-order valence-electron chi connectivity index (χ1n) is 19.6. The summed E-state index contributed by atoms with van der Waals surface area (Å²) in [4.78, 5) is 2.34. The van der Waals surface area contributed by atoms with Gasteiger partial charge in [0.15, 0.2) is 0 Å². The van der Waals surface area contributed by atoms with Crippen LogP contribution in [0, 0.1) is 0 Å². The molecule has 0 saturated carbocycles. The molecule has 3 heteroatoms. The fraction of sp³-hybridized carbons (Fsp3) is 0. The molecule has 3 nitrogen and oxygen atoms in total. The fourth-order valence-electron chi connectivity index (χ4n) is 9.32. The van der Waals surface area contributed by atoms with E-state index in [-0.39, 0.29) is 0 Å². The van der Waals surface area contributed by atoms with E-state index in [0.29, 0.717) is 0 Å². The van der Waals surface area contributed by atoms with Gasteiger partial charge in [0.25, 0.3) is 0 Å². The minimum atomic E-state index is 1.10. The number of anilines is 3. The van der Waals surface area contributed by atoms with Crippen LogP contribution in [0.15, 0.2) is 212 Å². The lowest BCUT2D eigenvalue weighted by atomic mass is 10.0. The minimum Gasteiger partial charge on any atom is -0.311 e. The number of nitrogens with zero attached hydrogens (tertiary/aromatic N) is 3. The van der Waals surface area contributed by atoms with E-state index in [1.165, 1.54) is 82.2 Å². The van der Waals surface area contributed by atoms with Crippen LogP contribution in [0.25, 0.3) is 87.8 Å². The number of hydrogen-bond donors (Lipinski definition) is 0. The second-order valence-electron chi connectivity index (χ2n) is 14.9. The zero-order chi connectivity index (χ0) is 37.5. The molecule has 0 N–H and O–H groups in total. The third kappa shape index (κ3) is 4.79. The summed E-state index contributed by atoms with van der Waals surface area (Å²) in [5, 5.41) is 7.64. The van der Waals surface area contributed by atoms with Crippen LogP contribution < -0.4 is 4.90 Å². The zero-order valence-corrected chi connectivity index (χ0v) is 31.0. The molecule has 0 spiro atoms. The van der Waals surface area contributed by atoms with Gasteiger partial charge in [-0.15, -0.1) is 0 Å². The average molecular weight is 726 g/mol. The summed E-state index contributed by atoms with van der Waals surface area (Å²) >= 11 is 0. The van der Waals surface area contributed by atoms with Crippen molar-refractivity contribution in [1.82, 2.24) is 8.97 Å². The van der Waals surface area contributed by atoms with Gasteiger partial charge in [-0.2, -0.15) is 0 Å². The molecule has 0 amide bonds. The van der Waals surface area contributed by atoms with E-state index < -0.39 is 0 Å². The molecule has 0 aliphatic rings. The third-order valence-electron chi connectivity index (χ3n) is 11.8. The number of aromatic nitrogens is 2. The first kappa shape index (κ1) is 31.7. The van der Waals surface area contributed by atoms with Crippen LogP contribution in [-0.2, 0) is 0 Å². The molecule has 0 bridgehead atoms. The van der Waals surface area contributed by atoms with E-state index in [2.05, 4.69) is 226 Å². The van der Waals surface area contributed by atoms with Crippen molar-refractivity contribution < 1.29 is 0 Å². The predicted molar refractivity (Wildman–Crippen MR) is 241 cm³/mol. The quantitative estimate of drug-likeness (QED) is 0.166. The predicted octanol–water partition coefficient (Wildman–Crippen LogP) is 14.7. The molecule has 12 aromatic rings. The molecular formula is C54H35N3. The summed E-state index contributed by atoms with van der Waals surface area (Å²) in [5.41, 5.74) is 15.4. The lowest BCUT2D eigenvalue weighted by Gasteiger charge is -2.26. The Hall–Kier alpha value is -7.62. The van der Waals surface area contributed by atoms with Gasteiger partial charge in [0.1, 0.15) is 0 Å². The Balaban J connectivity index is 1.07. The maximum Gasteiger partial charge on any atom is 0.0641 e. The number of para-hydroxylation sites is 2. The summed E-state index contributed by atoms with van der Waals surface area (Å²) in [5.74, 6) is 0. The fourth-order valence-corrected chi connectivity index (χ4v) is 9.32. The van der Waals surface area contributed by atoms with Crippen molar-refractivity contribution in [2.45, 2.75) is 0 Å². The Morgan fingerprint density at radius 3 is 1.54 bits per heavy atom. The van der Waals surface area contributed by atoms with Gasteiger partial charge in [0, 0.05) is 49.7 Å². The van der Waals surface area contributed by atoms with Crippen LogP contribution in [0.2, 0.25) is 0 Å². The van der Waals surface area contributed by atoms with E-state index in [9.17, 15) is 0 Å².